The fourth-order valence-electron chi connectivity index (χ4n) is 3.00. The smallest absolute Gasteiger partial charge is 0.0610 e. The Labute approximate surface area is 117 Å². The van der Waals surface area contributed by atoms with E-state index in [1.807, 2.05) is 0 Å². The zero-order valence-corrected chi connectivity index (χ0v) is 12.1. The molecule has 106 valence electrons. The van der Waals surface area contributed by atoms with Crippen LogP contribution in [0, 0.1) is 0 Å². The molecule has 1 fully saturated rings. The fraction of sp³-hybridized carbons (Fsp3) is 0.647. The van der Waals surface area contributed by atoms with Crippen LogP contribution in [-0.4, -0.2) is 23.3 Å². The van der Waals surface area contributed by atoms with Gasteiger partial charge in [-0.15, -0.1) is 0 Å². The van der Waals surface area contributed by atoms with Crippen LogP contribution < -0.4 is 5.32 Å². The van der Waals surface area contributed by atoms with Gasteiger partial charge < -0.3 is 10.4 Å². The first-order chi connectivity index (χ1) is 9.22. The van der Waals surface area contributed by atoms with E-state index in [1.54, 1.807) is 0 Å². The minimum atomic E-state index is -0.141. The standard InChI is InChI=1S/C17H27NO/c1-17(14-19,18-16-10-6-3-7-11-16)13-12-15-8-4-2-5-9-15/h2,4-5,8-9,16,18-19H,3,6-7,10-14H2,1H3. The summed E-state index contributed by atoms with van der Waals surface area (Å²) in [6, 6.07) is 11.1. The monoisotopic (exact) mass is 261 g/mol. The molecular formula is C17H27NO. The Bertz CT molecular complexity index is 359. The predicted octanol–water partition coefficient (Wildman–Crippen LogP) is 3.29. The average Bonchev–Trinajstić information content (AvgIpc) is 2.47. The van der Waals surface area contributed by atoms with Crippen LogP contribution in [0.5, 0.6) is 0 Å². The van der Waals surface area contributed by atoms with Crippen LogP contribution in [0.1, 0.15) is 51.0 Å². The van der Waals surface area contributed by atoms with Crippen LogP contribution in [0.25, 0.3) is 0 Å². The molecule has 1 aromatic rings. The van der Waals surface area contributed by atoms with Crippen molar-refractivity contribution in [2.75, 3.05) is 6.61 Å². The zero-order valence-electron chi connectivity index (χ0n) is 12.1. The Morgan fingerprint density at radius 1 is 1.16 bits per heavy atom. The molecule has 0 amide bonds. The molecule has 1 aliphatic rings. The quantitative estimate of drug-likeness (QED) is 0.823. The summed E-state index contributed by atoms with van der Waals surface area (Å²) in [5, 5.41) is 13.4. The lowest BCUT2D eigenvalue weighted by molar-refractivity contribution is 0.143. The summed E-state index contributed by atoms with van der Waals surface area (Å²) in [5.74, 6) is 0. The molecule has 0 saturated heterocycles. The molecular weight excluding hydrogens is 234 g/mol. The first-order valence-electron chi connectivity index (χ1n) is 7.64. The lowest BCUT2D eigenvalue weighted by Crippen LogP contribution is -2.51. The van der Waals surface area contributed by atoms with Gasteiger partial charge in [-0.2, -0.15) is 0 Å². The summed E-state index contributed by atoms with van der Waals surface area (Å²) in [4.78, 5) is 0. The van der Waals surface area contributed by atoms with Crippen molar-refractivity contribution in [1.29, 1.82) is 0 Å². The minimum Gasteiger partial charge on any atom is -0.394 e. The Morgan fingerprint density at radius 2 is 1.84 bits per heavy atom. The van der Waals surface area contributed by atoms with Crippen LogP contribution in [0.3, 0.4) is 0 Å². The topological polar surface area (TPSA) is 32.3 Å². The highest BCUT2D eigenvalue weighted by molar-refractivity contribution is 5.15. The summed E-state index contributed by atoms with van der Waals surface area (Å²) < 4.78 is 0. The van der Waals surface area contributed by atoms with Crippen molar-refractivity contribution in [3.05, 3.63) is 35.9 Å². The van der Waals surface area contributed by atoms with Crippen LogP contribution >= 0.6 is 0 Å². The third kappa shape index (κ3) is 4.63. The van der Waals surface area contributed by atoms with Gasteiger partial charge in [-0.1, -0.05) is 49.6 Å². The molecule has 0 aromatic heterocycles. The van der Waals surface area contributed by atoms with Crippen molar-refractivity contribution in [1.82, 2.24) is 5.32 Å². The predicted molar refractivity (Wildman–Crippen MR) is 80.3 cm³/mol. The van der Waals surface area contributed by atoms with Crippen molar-refractivity contribution < 1.29 is 5.11 Å². The SMILES string of the molecule is CC(CO)(CCc1ccccc1)NC1CCCCC1. The molecule has 1 aliphatic carbocycles. The van der Waals surface area contributed by atoms with Gasteiger partial charge in [-0.25, -0.2) is 0 Å². The Morgan fingerprint density at radius 3 is 2.47 bits per heavy atom. The van der Waals surface area contributed by atoms with Gasteiger partial charge in [0.15, 0.2) is 0 Å². The van der Waals surface area contributed by atoms with Gasteiger partial charge in [0.25, 0.3) is 0 Å². The van der Waals surface area contributed by atoms with Gasteiger partial charge >= 0.3 is 0 Å². The molecule has 1 aromatic carbocycles. The molecule has 1 atom stereocenters. The van der Waals surface area contributed by atoms with E-state index in [9.17, 15) is 5.11 Å². The number of hydrogen-bond donors (Lipinski definition) is 2. The normalized spacial score (nSPS) is 20.1. The maximum absolute atomic E-state index is 9.73. The van der Waals surface area contributed by atoms with Crippen LogP contribution in [0.15, 0.2) is 30.3 Å². The van der Waals surface area contributed by atoms with Gasteiger partial charge in [0, 0.05) is 11.6 Å². The highest BCUT2D eigenvalue weighted by Crippen LogP contribution is 2.22. The Kier molecular flexibility index (Phi) is 5.41. The molecule has 1 unspecified atom stereocenters. The molecule has 2 N–H and O–H groups in total. The van der Waals surface area contributed by atoms with E-state index < -0.39 is 0 Å². The van der Waals surface area contributed by atoms with Crippen LogP contribution in [0.4, 0.5) is 0 Å². The number of aliphatic hydroxyl groups excluding tert-OH is 1. The van der Waals surface area contributed by atoms with E-state index >= 15 is 0 Å². The summed E-state index contributed by atoms with van der Waals surface area (Å²) in [7, 11) is 0. The van der Waals surface area contributed by atoms with Crippen LogP contribution in [0.2, 0.25) is 0 Å². The summed E-state index contributed by atoms with van der Waals surface area (Å²) >= 11 is 0. The second kappa shape index (κ2) is 7.06. The molecule has 2 heteroatoms. The van der Waals surface area contributed by atoms with Crippen molar-refractivity contribution in [2.24, 2.45) is 0 Å². The summed E-state index contributed by atoms with van der Waals surface area (Å²) in [6.45, 7) is 2.38. The number of aliphatic hydroxyl groups is 1. The second-order valence-corrected chi connectivity index (χ2v) is 6.18. The van der Waals surface area contributed by atoms with Crippen molar-refractivity contribution >= 4 is 0 Å². The van der Waals surface area contributed by atoms with E-state index in [1.165, 1.54) is 37.7 Å². The van der Waals surface area contributed by atoms with Gasteiger partial charge in [-0.05, 0) is 38.2 Å². The van der Waals surface area contributed by atoms with Crippen LogP contribution in [-0.2, 0) is 6.42 Å². The largest absolute Gasteiger partial charge is 0.394 e. The van der Waals surface area contributed by atoms with E-state index in [4.69, 9.17) is 0 Å². The van der Waals surface area contributed by atoms with E-state index in [0.717, 1.165) is 12.8 Å². The molecule has 0 radical (unpaired) electrons. The number of aryl methyl sites for hydroxylation is 1. The van der Waals surface area contributed by atoms with Gasteiger partial charge in [0.05, 0.1) is 6.61 Å². The number of hydrogen-bond acceptors (Lipinski definition) is 2. The molecule has 0 aliphatic heterocycles. The van der Waals surface area contributed by atoms with E-state index in [0.29, 0.717) is 6.04 Å². The Hall–Kier alpha value is -0.860. The summed E-state index contributed by atoms with van der Waals surface area (Å²) in [6.07, 6.45) is 8.58. The van der Waals surface area contributed by atoms with Crippen molar-refractivity contribution in [2.45, 2.75) is 63.5 Å². The first kappa shape index (κ1) is 14.5. The maximum atomic E-state index is 9.73. The van der Waals surface area contributed by atoms with Crippen molar-refractivity contribution in [3.63, 3.8) is 0 Å². The molecule has 0 heterocycles. The van der Waals surface area contributed by atoms with Gasteiger partial charge in [0.1, 0.15) is 0 Å². The zero-order chi connectivity index (χ0) is 13.6. The molecule has 2 nitrogen and oxygen atoms in total. The van der Waals surface area contributed by atoms with Gasteiger partial charge in [0.2, 0.25) is 0 Å². The van der Waals surface area contributed by atoms with E-state index in [-0.39, 0.29) is 12.1 Å². The Balaban J connectivity index is 1.86. The number of nitrogens with one attached hydrogen (secondary N) is 1. The van der Waals surface area contributed by atoms with Crippen molar-refractivity contribution in [3.8, 4) is 0 Å². The number of rotatable bonds is 6. The second-order valence-electron chi connectivity index (χ2n) is 6.18. The molecule has 0 spiro atoms. The fourth-order valence-corrected chi connectivity index (χ4v) is 3.00. The lowest BCUT2D eigenvalue weighted by atomic mass is 9.89. The lowest BCUT2D eigenvalue weighted by Gasteiger charge is -2.35. The van der Waals surface area contributed by atoms with Gasteiger partial charge in [-0.3, -0.25) is 0 Å². The third-order valence-corrected chi connectivity index (χ3v) is 4.32. The highest BCUT2D eigenvalue weighted by Gasteiger charge is 2.27. The minimum absolute atomic E-state index is 0.141. The highest BCUT2D eigenvalue weighted by atomic mass is 16.3. The molecule has 19 heavy (non-hydrogen) atoms. The van der Waals surface area contributed by atoms with E-state index in [2.05, 4.69) is 42.6 Å². The number of benzene rings is 1. The first-order valence-corrected chi connectivity index (χ1v) is 7.64. The molecule has 1 saturated carbocycles. The molecule has 0 bridgehead atoms. The summed E-state index contributed by atoms with van der Waals surface area (Å²) in [5.41, 5.74) is 1.21. The third-order valence-electron chi connectivity index (χ3n) is 4.32. The average molecular weight is 261 g/mol. The molecule has 2 rings (SSSR count). The maximum Gasteiger partial charge on any atom is 0.0610 e.